The fraction of sp³-hybridized carbons (Fsp3) is 0.118. The minimum absolute atomic E-state index is 0.000149. The Kier molecular flexibility index (Phi) is 4.56. The number of hydrogen-bond acceptors (Lipinski definition) is 2. The van der Waals surface area contributed by atoms with Gasteiger partial charge in [0.25, 0.3) is 0 Å². The van der Waals surface area contributed by atoms with Crippen LogP contribution in [-0.4, -0.2) is 11.1 Å². The number of rotatable bonds is 6. The SMILES string of the molecule is C=CCc1ccc(Nc2ccccc2)c(CC(=O)O)c1. The quantitative estimate of drug-likeness (QED) is 0.783. The van der Waals surface area contributed by atoms with E-state index in [9.17, 15) is 4.79 Å². The number of hydrogen-bond donors (Lipinski definition) is 2. The first kappa shape index (κ1) is 13.9. The molecule has 3 nitrogen and oxygen atoms in total. The van der Waals surface area contributed by atoms with Crippen molar-refractivity contribution < 1.29 is 9.90 Å². The summed E-state index contributed by atoms with van der Waals surface area (Å²) < 4.78 is 0. The van der Waals surface area contributed by atoms with Crippen molar-refractivity contribution in [3.05, 3.63) is 72.3 Å². The van der Waals surface area contributed by atoms with Crippen molar-refractivity contribution in [3.8, 4) is 0 Å². The van der Waals surface area contributed by atoms with Crippen LogP contribution in [0.3, 0.4) is 0 Å². The number of carboxylic acids is 1. The normalized spacial score (nSPS) is 10.0. The Labute approximate surface area is 118 Å². The van der Waals surface area contributed by atoms with E-state index in [0.29, 0.717) is 0 Å². The van der Waals surface area contributed by atoms with E-state index >= 15 is 0 Å². The molecule has 102 valence electrons. The maximum atomic E-state index is 11.0. The Morgan fingerprint density at radius 2 is 1.95 bits per heavy atom. The first-order chi connectivity index (χ1) is 9.69. The van der Waals surface area contributed by atoms with E-state index in [1.165, 1.54) is 0 Å². The number of benzene rings is 2. The summed E-state index contributed by atoms with van der Waals surface area (Å²) in [5.74, 6) is -0.836. The molecule has 2 aromatic carbocycles. The molecule has 0 heterocycles. The van der Waals surface area contributed by atoms with Crippen LogP contribution in [0.15, 0.2) is 61.2 Å². The molecule has 2 aromatic rings. The molecule has 0 bridgehead atoms. The van der Waals surface area contributed by atoms with Gasteiger partial charge in [0.2, 0.25) is 0 Å². The molecular weight excluding hydrogens is 250 g/mol. The van der Waals surface area contributed by atoms with Crippen LogP contribution in [0, 0.1) is 0 Å². The van der Waals surface area contributed by atoms with Gasteiger partial charge in [0.05, 0.1) is 6.42 Å². The number of para-hydroxylation sites is 1. The average Bonchev–Trinajstić information content (AvgIpc) is 2.42. The first-order valence-corrected chi connectivity index (χ1v) is 6.45. The molecule has 0 fully saturated rings. The van der Waals surface area contributed by atoms with E-state index < -0.39 is 5.97 Å². The number of carboxylic acid groups (broad SMARTS) is 1. The zero-order valence-electron chi connectivity index (χ0n) is 11.2. The van der Waals surface area contributed by atoms with Gasteiger partial charge in [0.15, 0.2) is 0 Å². The zero-order valence-corrected chi connectivity index (χ0v) is 11.2. The number of anilines is 2. The predicted octanol–water partition coefficient (Wildman–Crippen LogP) is 3.79. The third-order valence-corrected chi connectivity index (χ3v) is 2.94. The number of nitrogens with one attached hydrogen (secondary N) is 1. The second kappa shape index (κ2) is 6.57. The Hall–Kier alpha value is -2.55. The number of allylic oxidation sites excluding steroid dienone is 1. The number of carbonyl (C=O) groups is 1. The van der Waals surface area contributed by atoms with Crippen molar-refractivity contribution in [2.45, 2.75) is 12.8 Å². The monoisotopic (exact) mass is 267 g/mol. The summed E-state index contributed by atoms with van der Waals surface area (Å²) >= 11 is 0. The summed E-state index contributed by atoms with van der Waals surface area (Å²) in [7, 11) is 0. The van der Waals surface area contributed by atoms with Crippen LogP contribution in [0.25, 0.3) is 0 Å². The molecule has 0 aliphatic carbocycles. The lowest BCUT2D eigenvalue weighted by molar-refractivity contribution is -0.136. The molecule has 0 aromatic heterocycles. The van der Waals surface area contributed by atoms with Gasteiger partial charge < -0.3 is 10.4 Å². The van der Waals surface area contributed by atoms with Crippen LogP contribution in [0.5, 0.6) is 0 Å². The highest BCUT2D eigenvalue weighted by atomic mass is 16.4. The van der Waals surface area contributed by atoms with Gasteiger partial charge in [0, 0.05) is 11.4 Å². The third kappa shape index (κ3) is 3.72. The Bertz CT molecular complexity index is 606. The summed E-state index contributed by atoms with van der Waals surface area (Å²) in [6.45, 7) is 3.70. The second-order valence-electron chi connectivity index (χ2n) is 4.55. The molecule has 0 aliphatic rings. The summed E-state index contributed by atoms with van der Waals surface area (Å²) in [5.41, 5.74) is 3.61. The fourth-order valence-corrected chi connectivity index (χ4v) is 2.05. The molecule has 0 spiro atoms. The van der Waals surface area contributed by atoms with Crippen LogP contribution >= 0.6 is 0 Å². The van der Waals surface area contributed by atoms with Gasteiger partial charge in [-0.15, -0.1) is 6.58 Å². The van der Waals surface area contributed by atoms with Crippen LogP contribution in [-0.2, 0) is 17.6 Å². The predicted molar refractivity (Wildman–Crippen MR) is 81.4 cm³/mol. The van der Waals surface area contributed by atoms with Crippen molar-refractivity contribution >= 4 is 17.3 Å². The molecule has 3 heteroatoms. The van der Waals surface area contributed by atoms with Crippen molar-refractivity contribution in [2.24, 2.45) is 0 Å². The van der Waals surface area contributed by atoms with Gasteiger partial charge >= 0.3 is 5.97 Å². The highest BCUT2D eigenvalue weighted by Gasteiger charge is 2.08. The van der Waals surface area contributed by atoms with Gasteiger partial charge in [-0.2, -0.15) is 0 Å². The molecular formula is C17H17NO2. The molecule has 0 saturated heterocycles. The minimum atomic E-state index is -0.836. The molecule has 0 atom stereocenters. The molecule has 0 saturated carbocycles. The van der Waals surface area contributed by atoms with Crippen molar-refractivity contribution in [2.75, 3.05) is 5.32 Å². The molecule has 0 unspecified atom stereocenters. The average molecular weight is 267 g/mol. The summed E-state index contributed by atoms with van der Waals surface area (Å²) in [5, 5.41) is 12.3. The third-order valence-electron chi connectivity index (χ3n) is 2.94. The van der Waals surface area contributed by atoms with E-state index in [4.69, 9.17) is 5.11 Å². The number of aliphatic carboxylic acids is 1. The zero-order chi connectivity index (χ0) is 14.4. The molecule has 0 amide bonds. The van der Waals surface area contributed by atoms with Gasteiger partial charge in [-0.05, 0) is 35.7 Å². The first-order valence-electron chi connectivity index (χ1n) is 6.45. The largest absolute Gasteiger partial charge is 0.481 e. The van der Waals surface area contributed by atoms with Crippen LogP contribution in [0.2, 0.25) is 0 Å². The lowest BCUT2D eigenvalue weighted by Crippen LogP contribution is -2.04. The highest BCUT2D eigenvalue weighted by Crippen LogP contribution is 2.23. The fourth-order valence-electron chi connectivity index (χ4n) is 2.05. The highest BCUT2D eigenvalue weighted by molar-refractivity contribution is 5.75. The minimum Gasteiger partial charge on any atom is -0.481 e. The van der Waals surface area contributed by atoms with E-state index in [-0.39, 0.29) is 6.42 Å². The van der Waals surface area contributed by atoms with Crippen molar-refractivity contribution in [1.82, 2.24) is 0 Å². The maximum Gasteiger partial charge on any atom is 0.307 e. The standard InChI is InChI=1S/C17H17NO2/c1-2-6-13-9-10-16(14(11-13)12-17(19)20)18-15-7-4-3-5-8-15/h2-5,7-11,18H,1,6,12H2,(H,19,20). The smallest absolute Gasteiger partial charge is 0.307 e. The molecule has 20 heavy (non-hydrogen) atoms. The lowest BCUT2D eigenvalue weighted by atomic mass is 10.0. The van der Waals surface area contributed by atoms with Gasteiger partial charge in [-0.1, -0.05) is 36.4 Å². The van der Waals surface area contributed by atoms with Crippen LogP contribution in [0.4, 0.5) is 11.4 Å². The lowest BCUT2D eigenvalue weighted by Gasteiger charge is -2.12. The molecule has 0 aliphatic heterocycles. The summed E-state index contributed by atoms with van der Waals surface area (Å²) in [6, 6.07) is 15.5. The van der Waals surface area contributed by atoms with Gasteiger partial charge in [-0.25, -0.2) is 0 Å². The van der Waals surface area contributed by atoms with E-state index in [1.807, 2.05) is 54.6 Å². The molecule has 2 rings (SSSR count). The maximum absolute atomic E-state index is 11.0. The van der Waals surface area contributed by atoms with Gasteiger partial charge in [0.1, 0.15) is 0 Å². The second-order valence-corrected chi connectivity index (χ2v) is 4.55. The molecule has 0 radical (unpaired) electrons. The van der Waals surface area contributed by atoms with Crippen LogP contribution < -0.4 is 5.32 Å². The Morgan fingerprint density at radius 3 is 2.60 bits per heavy atom. The Morgan fingerprint density at radius 1 is 1.20 bits per heavy atom. The van der Waals surface area contributed by atoms with E-state index in [1.54, 1.807) is 0 Å². The topological polar surface area (TPSA) is 49.3 Å². The van der Waals surface area contributed by atoms with Crippen molar-refractivity contribution in [1.29, 1.82) is 0 Å². The van der Waals surface area contributed by atoms with E-state index in [0.717, 1.165) is 28.9 Å². The van der Waals surface area contributed by atoms with Crippen molar-refractivity contribution in [3.63, 3.8) is 0 Å². The molecule has 2 N–H and O–H groups in total. The summed E-state index contributed by atoms with van der Waals surface area (Å²) in [4.78, 5) is 11.0. The van der Waals surface area contributed by atoms with E-state index in [2.05, 4.69) is 11.9 Å². The van der Waals surface area contributed by atoms with Gasteiger partial charge in [-0.3, -0.25) is 4.79 Å². The Balaban J connectivity index is 2.30. The summed E-state index contributed by atoms with van der Waals surface area (Å²) in [6.07, 6.45) is 2.54. The van der Waals surface area contributed by atoms with Crippen LogP contribution in [0.1, 0.15) is 11.1 Å².